The fourth-order valence-corrected chi connectivity index (χ4v) is 3.20. The summed E-state index contributed by atoms with van der Waals surface area (Å²) < 4.78 is 27.6. The number of methoxy groups -OCH3 is 3. The number of carbonyl (C=O) groups is 1. The van der Waals surface area contributed by atoms with E-state index in [1.807, 2.05) is 6.92 Å². The summed E-state index contributed by atoms with van der Waals surface area (Å²) >= 11 is 3.39. The van der Waals surface area contributed by atoms with E-state index in [1.165, 1.54) is 21.3 Å². The minimum absolute atomic E-state index is 0.0105. The highest BCUT2D eigenvalue weighted by atomic mass is 79.9. The third-order valence-electron chi connectivity index (χ3n) is 4.08. The van der Waals surface area contributed by atoms with Crippen molar-refractivity contribution in [1.82, 2.24) is 5.32 Å². The van der Waals surface area contributed by atoms with Gasteiger partial charge in [-0.3, -0.25) is 4.79 Å². The molecule has 30 heavy (non-hydrogen) atoms. The number of nitrogens with one attached hydrogen (secondary N) is 1. The molecule has 164 valence electrons. The molecule has 0 radical (unpaired) electrons. The molecule has 0 saturated heterocycles. The van der Waals surface area contributed by atoms with Gasteiger partial charge in [0.1, 0.15) is 12.7 Å². The molecule has 0 heterocycles. The quantitative estimate of drug-likeness (QED) is 0.506. The van der Waals surface area contributed by atoms with E-state index in [0.29, 0.717) is 45.4 Å². The van der Waals surface area contributed by atoms with E-state index < -0.39 is 6.10 Å². The van der Waals surface area contributed by atoms with Crippen LogP contribution >= 0.6 is 15.9 Å². The van der Waals surface area contributed by atoms with Gasteiger partial charge in [-0.1, -0.05) is 6.07 Å². The second-order valence-corrected chi connectivity index (χ2v) is 6.94. The van der Waals surface area contributed by atoms with Gasteiger partial charge in [0.25, 0.3) is 5.91 Å². The predicted molar refractivity (Wildman–Crippen MR) is 115 cm³/mol. The lowest BCUT2D eigenvalue weighted by molar-refractivity contribution is 0.0833. The molecule has 0 aliphatic rings. The summed E-state index contributed by atoms with van der Waals surface area (Å²) in [6, 6.07) is 8.43. The van der Waals surface area contributed by atoms with E-state index in [-0.39, 0.29) is 19.1 Å². The maximum atomic E-state index is 12.5. The minimum Gasteiger partial charge on any atom is -0.493 e. The van der Waals surface area contributed by atoms with Crippen LogP contribution in [0.3, 0.4) is 0 Å². The molecule has 1 unspecified atom stereocenters. The maximum absolute atomic E-state index is 12.5. The first-order valence-electron chi connectivity index (χ1n) is 9.25. The van der Waals surface area contributed by atoms with E-state index in [9.17, 15) is 9.90 Å². The Morgan fingerprint density at radius 3 is 2.23 bits per heavy atom. The number of halogens is 1. The Kier molecular flexibility index (Phi) is 9.07. The number of amides is 1. The van der Waals surface area contributed by atoms with Crippen LogP contribution in [-0.4, -0.2) is 58.2 Å². The average molecular weight is 484 g/mol. The number of hydrogen-bond acceptors (Lipinski definition) is 7. The van der Waals surface area contributed by atoms with Gasteiger partial charge < -0.3 is 34.1 Å². The molecule has 0 aromatic heterocycles. The number of aliphatic hydroxyl groups is 1. The summed E-state index contributed by atoms with van der Waals surface area (Å²) in [5.41, 5.74) is 0.363. The van der Waals surface area contributed by atoms with Gasteiger partial charge in [-0.15, -0.1) is 0 Å². The second-order valence-electron chi connectivity index (χ2n) is 6.09. The molecule has 9 heteroatoms. The lowest BCUT2D eigenvalue weighted by Gasteiger charge is -2.17. The molecule has 0 saturated carbocycles. The molecule has 0 bridgehead atoms. The number of aliphatic hydroxyl groups excluding tert-OH is 1. The molecule has 1 atom stereocenters. The third kappa shape index (κ3) is 5.93. The van der Waals surface area contributed by atoms with Crippen LogP contribution in [0.2, 0.25) is 0 Å². The highest BCUT2D eigenvalue weighted by Gasteiger charge is 2.17. The third-order valence-corrected chi connectivity index (χ3v) is 4.67. The molecular formula is C21H26BrNO7. The van der Waals surface area contributed by atoms with Gasteiger partial charge in [-0.2, -0.15) is 0 Å². The number of carbonyl (C=O) groups excluding carboxylic acids is 1. The zero-order chi connectivity index (χ0) is 22.1. The molecule has 2 rings (SSSR count). The molecule has 0 fully saturated rings. The van der Waals surface area contributed by atoms with Crippen LogP contribution in [0.15, 0.2) is 34.8 Å². The fourth-order valence-electron chi connectivity index (χ4n) is 2.65. The molecule has 2 aromatic rings. The van der Waals surface area contributed by atoms with Gasteiger partial charge in [0, 0.05) is 12.1 Å². The number of ether oxygens (including phenoxy) is 5. The van der Waals surface area contributed by atoms with Crippen LogP contribution in [0.1, 0.15) is 17.3 Å². The minimum atomic E-state index is -0.948. The largest absolute Gasteiger partial charge is 0.493 e. The van der Waals surface area contributed by atoms with Gasteiger partial charge in [0.2, 0.25) is 5.75 Å². The molecule has 8 nitrogen and oxygen atoms in total. The normalized spacial score (nSPS) is 11.4. The standard InChI is InChI=1S/C21H26BrNO7/c1-5-29-19-15(22)9-13(10-18(19)28-4)21(25)23-11-14(24)12-30-20-16(26-2)7-6-8-17(20)27-3/h6-10,14,24H,5,11-12H2,1-4H3,(H,23,25). The maximum Gasteiger partial charge on any atom is 0.251 e. The van der Waals surface area contributed by atoms with Gasteiger partial charge in [0.15, 0.2) is 23.0 Å². The molecule has 0 spiro atoms. The van der Waals surface area contributed by atoms with Gasteiger partial charge in [-0.05, 0) is 47.1 Å². The van der Waals surface area contributed by atoms with Crippen LogP contribution in [0.4, 0.5) is 0 Å². The van der Waals surface area contributed by atoms with Crippen molar-refractivity contribution in [3.05, 3.63) is 40.4 Å². The Labute approximate surface area is 184 Å². The Hall–Kier alpha value is -2.65. The van der Waals surface area contributed by atoms with Gasteiger partial charge >= 0.3 is 0 Å². The Morgan fingerprint density at radius 2 is 1.67 bits per heavy atom. The molecule has 2 N–H and O–H groups in total. The van der Waals surface area contributed by atoms with Crippen molar-refractivity contribution in [3.8, 4) is 28.7 Å². The smallest absolute Gasteiger partial charge is 0.251 e. The zero-order valence-electron chi connectivity index (χ0n) is 17.4. The van der Waals surface area contributed by atoms with Crippen molar-refractivity contribution < 1.29 is 33.6 Å². The first-order valence-corrected chi connectivity index (χ1v) is 10.0. The van der Waals surface area contributed by atoms with E-state index in [4.69, 9.17) is 23.7 Å². The highest BCUT2D eigenvalue weighted by Crippen LogP contribution is 2.37. The summed E-state index contributed by atoms with van der Waals surface area (Å²) in [5.74, 6) is 1.94. The SMILES string of the molecule is CCOc1c(Br)cc(C(=O)NCC(O)COc2c(OC)cccc2OC)cc1OC. The highest BCUT2D eigenvalue weighted by molar-refractivity contribution is 9.10. The van der Waals surface area contributed by atoms with Gasteiger partial charge in [-0.25, -0.2) is 0 Å². The zero-order valence-corrected chi connectivity index (χ0v) is 18.9. The summed E-state index contributed by atoms with van der Waals surface area (Å²) in [5, 5.41) is 12.9. The lowest BCUT2D eigenvalue weighted by atomic mass is 10.2. The van der Waals surface area contributed by atoms with E-state index in [1.54, 1.807) is 30.3 Å². The van der Waals surface area contributed by atoms with E-state index >= 15 is 0 Å². The number of hydrogen-bond donors (Lipinski definition) is 2. The fraction of sp³-hybridized carbons (Fsp3) is 0.381. The summed E-state index contributed by atoms with van der Waals surface area (Å²) in [7, 11) is 4.53. The van der Waals surface area contributed by atoms with Crippen LogP contribution < -0.4 is 29.0 Å². The van der Waals surface area contributed by atoms with E-state index in [2.05, 4.69) is 21.2 Å². The van der Waals surface area contributed by atoms with Crippen molar-refractivity contribution in [1.29, 1.82) is 0 Å². The molecule has 2 aromatic carbocycles. The second kappa shape index (κ2) is 11.5. The number of para-hydroxylation sites is 1. The van der Waals surface area contributed by atoms with E-state index in [0.717, 1.165) is 0 Å². The Morgan fingerprint density at radius 1 is 1.03 bits per heavy atom. The van der Waals surface area contributed by atoms with Crippen LogP contribution in [0, 0.1) is 0 Å². The summed E-state index contributed by atoms with van der Waals surface area (Å²) in [6.07, 6.45) is -0.948. The molecule has 0 aliphatic carbocycles. The van der Waals surface area contributed by atoms with Crippen molar-refractivity contribution in [2.75, 3.05) is 41.1 Å². The Balaban J connectivity index is 1.98. The van der Waals surface area contributed by atoms with Crippen molar-refractivity contribution in [3.63, 3.8) is 0 Å². The number of benzene rings is 2. The van der Waals surface area contributed by atoms with Crippen molar-refractivity contribution in [2.45, 2.75) is 13.0 Å². The van der Waals surface area contributed by atoms with Gasteiger partial charge in [0.05, 0.1) is 32.4 Å². The molecule has 1 amide bonds. The summed E-state index contributed by atoms with van der Waals surface area (Å²) in [6.45, 7) is 2.25. The van der Waals surface area contributed by atoms with Crippen molar-refractivity contribution >= 4 is 21.8 Å². The monoisotopic (exact) mass is 483 g/mol. The molecular weight excluding hydrogens is 458 g/mol. The van der Waals surface area contributed by atoms with Crippen molar-refractivity contribution in [2.24, 2.45) is 0 Å². The predicted octanol–water partition coefficient (Wildman–Crippen LogP) is 3.04. The Bertz CT molecular complexity index is 837. The first-order chi connectivity index (χ1) is 14.4. The lowest BCUT2D eigenvalue weighted by Crippen LogP contribution is -2.35. The molecule has 0 aliphatic heterocycles. The topological polar surface area (TPSA) is 95.5 Å². The van der Waals surface area contributed by atoms with Crippen LogP contribution in [0.5, 0.6) is 28.7 Å². The summed E-state index contributed by atoms with van der Waals surface area (Å²) in [4.78, 5) is 12.5. The van der Waals surface area contributed by atoms with Crippen LogP contribution in [0.25, 0.3) is 0 Å². The average Bonchev–Trinajstić information content (AvgIpc) is 2.76. The van der Waals surface area contributed by atoms with Crippen LogP contribution in [-0.2, 0) is 0 Å². The first kappa shape index (κ1) is 23.6. The number of rotatable bonds is 11.